The molecule has 172 valence electrons. The van der Waals surface area contributed by atoms with Crippen molar-refractivity contribution in [2.45, 2.75) is 24.7 Å². The SMILES string of the molecule is CN(C)CC1(c2ccc(N3CC(CNC(=O)c4cc5ccc(Cl)nc5s4)CC3=O)cc2)CC1. The number of thiophene rings is 1. The van der Waals surface area contributed by atoms with Crippen molar-refractivity contribution in [3.05, 3.63) is 58.1 Å². The number of halogens is 1. The molecule has 1 saturated carbocycles. The first-order chi connectivity index (χ1) is 15.8. The van der Waals surface area contributed by atoms with Crippen molar-refractivity contribution < 1.29 is 9.59 Å². The van der Waals surface area contributed by atoms with Crippen LogP contribution in [-0.4, -0.2) is 55.4 Å². The van der Waals surface area contributed by atoms with E-state index in [2.05, 4.69) is 53.6 Å². The Kier molecular flexibility index (Phi) is 5.89. The number of nitrogens with one attached hydrogen (secondary N) is 1. The standard InChI is InChI=1S/C25H27ClN4O2S/c1-29(2)15-25(9-10-25)18-4-6-19(7-5-18)30-14-16(11-22(30)31)13-27-23(32)20-12-17-3-8-21(26)28-24(17)33-20/h3-8,12,16H,9-11,13-15H2,1-2H3,(H,27,32). The quantitative estimate of drug-likeness (QED) is 0.509. The zero-order valence-corrected chi connectivity index (χ0v) is 20.4. The van der Waals surface area contributed by atoms with E-state index < -0.39 is 0 Å². The summed E-state index contributed by atoms with van der Waals surface area (Å²) >= 11 is 7.27. The van der Waals surface area contributed by atoms with E-state index >= 15 is 0 Å². The average molecular weight is 483 g/mol. The summed E-state index contributed by atoms with van der Waals surface area (Å²) in [7, 11) is 4.23. The molecule has 1 aliphatic heterocycles. The summed E-state index contributed by atoms with van der Waals surface area (Å²) in [5.74, 6) is 0.0590. The number of rotatable bonds is 7. The minimum absolute atomic E-state index is 0.0894. The fraction of sp³-hybridized carbons (Fsp3) is 0.400. The largest absolute Gasteiger partial charge is 0.351 e. The highest BCUT2D eigenvalue weighted by atomic mass is 35.5. The lowest BCUT2D eigenvalue weighted by molar-refractivity contribution is -0.117. The van der Waals surface area contributed by atoms with Crippen molar-refractivity contribution >= 4 is 50.7 Å². The third-order valence-electron chi connectivity index (χ3n) is 6.59. The van der Waals surface area contributed by atoms with Crippen LogP contribution in [0.2, 0.25) is 5.15 Å². The van der Waals surface area contributed by atoms with Crippen molar-refractivity contribution in [2.75, 3.05) is 38.6 Å². The third kappa shape index (κ3) is 4.63. The average Bonchev–Trinajstić information content (AvgIpc) is 3.27. The maximum absolute atomic E-state index is 12.7. The number of benzene rings is 1. The molecule has 3 heterocycles. The zero-order valence-electron chi connectivity index (χ0n) is 18.8. The van der Waals surface area contributed by atoms with Crippen molar-refractivity contribution in [3.8, 4) is 0 Å². The highest BCUT2D eigenvalue weighted by molar-refractivity contribution is 7.20. The number of anilines is 1. The Labute approximate surface area is 202 Å². The summed E-state index contributed by atoms with van der Waals surface area (Å²) in [5.41, 5.74) is 2.57. The molecule has 3 aromatic rings. The van der Waals surface area contributed by atoms with Gasteiger partial charge < -0.3 is 15.1 Å². The second-order valence-electron chi connectivity index (χ2n) is 9.49. The van der Waals surface area contributed by atoms with Gasteiger partial charge in [-0.05, 0) is 62.8 Å². The van der Waals surface area contributed by atoms with Crippen molar-refractivity contribution in [2.24, 2.45) is 5.92 Å². The number of aromatic nitrogens is 1. The first-order valence-corrected chi connectivity index (χ1v) is 12.4. The maximum atomic E-state index is 12.7. The molecule has 8 heteroatoms. The van der Waals surface area contributed by atoms with Gasteiger partial charge in [-0.1, -0.05) is 23.7 Å². The van der Waals surface area contributed by atoms with E-state index in [-0.39, 0.29) is 23.1 Å². The molecule has 1 saturated heterocycles. The number of fused-ring (bicyclic) bond motifs is 1. The van der Waals surface area contributed by atoms with Crippen LogP contribution in [0.5, 0.6) is 0 Å². The van der Waals surface area contributed by atoms with E-state index in [0.29, 0.717) is 29.5 Å². The molecule has 0 spiro atoms. The first-order valence-electron chi connectivity index (χ1n) is 11.2. The number of nitrogens with zero attached hydrogens (tertiary/aromatic N) is 3. The van der Waals surface area contributed by atoms with E-state index in [1.807, 2.05) is 17.0 Å². The van der Waals surface area contributed by atoms with Gasteiger partial charge in [0, 0.05) is 48.5 Å². The van der Waals surface area contributed by atoms with Gasteiger partial charge in [0.2, 0.25) is 5.91 Å². The minimum Gasteiger partial charge on any atom is -0.351 e. The number of hydrogen-bond acceptors (Lipinski definition) is 5. The second-order valence-corrected chi connectivity index (χ2v) is 10.9. The molecule has 1 unspecified atom stereocenters. The Balaban J connectivity index is 1.19. The van der Waals surface area contributed by atoms with Crippen LogP contribution in [0.25, 0.3) is 10.2 Å². The molecule has 1 atom stereocenters. The topological polar surface area (TPSA) is 65.5 Å². The minimum atomic E-state index is -0.139. The van der Waals surface area contributed by atoms with Gasteiger partial charge in [-0.15, -0.1) is 11.3 Å². The number of hydrogen-bond donors (Lipinski definition) is 1. The molecule has 1 aliphatic carbocycles. The van der Waals surface area contributed by atoms with E-state index in [1.165, 1.54) is 29.7 Å². The van der Waals surface area contributed by atoms with Crippen LogP contribution < -0.4 is 10.2 Å². The van der Waals surface area contributed by atoms with Crippen LogP contribution in [-0.2, 0) is 10.2 Å². The molecule has 2 aliphatic rings. The number of carbonyl (C=O) groups excluding carboxylic acids is 2. The summed E-state index contributed by atoms with van der Waals surface area (Å²) in [6.45, 7) is 2.14. The molecular weight excluding hydrogens is 456 g/mol. The van der Waals surface area contributed by atoms with Crippen molar-refractivity contribution in [1.82, 2.24) is 15.2 Å². The summed E-state index contributed by atoms with van der Waals surface area (Å²) < 4.78 is 0. The van der Waals surface area contributed by atoms with Gasteiger partial charge in [0.25, 0.3) is 5.91 Å². The highest BCUT2D eigenvalue weighted by Gasteiger charge is 2.44. The lowest BCUT2D eigenvalue weighted by Gasteiger charge is -2.22. The van der Waals surface area contributed by atoms with Crippen LogP contribution in [0.1, 0.15) is 34.5 Å². The molecule has 2 aromatic heterocycles. The molecular formula is C25H27ClN4O2S. The highest BCUT2D eigenvalue weighted by Crippen LogP contribution is 2.48. The number of likely N-dealkylation sites (N-methyl/N-ethyl adjacent to an activating group) is 1. The lowest BCUT2D eigenvalue weighted by atomic mass is 9.95. The van der Waals surface area contributed by atoms with Gasteiger partial charge in [-0.25, -0.2) is 4.98 Å². The fourth-order valence-electron chi connectivity index (χ4n) is 4.79. The van der Waals surface area contributed by atoms with Crippen LogP contribution in [0.15, 0.2) is 42.5 Å². The molecule has 5 rings (SSSR count). The summed E-state index contributed by atoms with van der Waals surface area (Å²) in [5, 5.41) is 4.31. The number of pyridine rings is 1. The monoisotopic (exact) mass is 482 g/mol. The van der Waals surface area contributed by atoms with Gasteiger partial charge >= 0.3 is 0 Å². The van der Waals surface area contributed by atoms with Crippen LogP contribution >= 0.6 is 22.9 Å². The van der Waals surface area contributed by atoms with Gasteiger partial charge in [-0.2, -0.15) is 0 Å². The van der Waals surface area contributed by atoms with E-state index in [1.54, 1.807) is 6.07 Å². The Morgan fingerprint density at radius 3 is 2.70 bits per heavy atom. The summed E-state index contributed by atoms with van der Waals surface area (Å²) in [6.07, 6.45) is 2.88. The molecule has 33 heavy (non-hydrogen) atoms. The smallest absolute Gasteiger partial charge is 0.261 e. The molecule has 1 N–H and O–H groups in total. The van der Waals surface area contributed by atoms with Crippen LogP contribution in [0.4, 0.5) is 5.69 Å². The summed E-state index contributed by atoms with van der Waals surface area (Å²) in [4.78, 5) is 35.0. The maximum Gasteiger partial charge on any atom is 0.261 e. The Morgan fingerprint density at radius 1 is 1.24 bits per heavy atom. The fourth-order valence-corrected chi connectivity index (χ4v) is 5.93. The molecule has 2 amide bonds. The Bertz CT molecular complexity index is 1200. The Morgan fingerprint density at radius 2 is 2.00 bits per heavy atom. The van der Waals surface area contributed by atoms with Gasteiger partial charge in [0.15, 0.2) is 0 Å². The first kappa shape index (κ1) is 22.3. The Hall–Kier alpha value is -2.48. The zero-order chi connectivity index (χ0) is 23.2. The molecule has 0 radical (unpaired) electrons. The lowest BCUT2D eigenvalue weighted by Crippen LogP contribution is -2.31. The van der Waals surface area contributed by atoms with Crippen LogP contribution in [0, 0.1) is 5.92 Å². The molecule has 0 bridgehead atoms. The van der Waals surface area contributed by atoms with Gasteiger partial charge in [-0.3, -0.25) is 9.59 Å². The molecule has 6 nitrogen and oxygen atoms in total. The predicted octanol–water partition coefficient (Wildman–Crippen LogP) is 4.33. The van der Waals surface area contributed by atoms with Crippen molar-refractivity contribution in [3.63, 3.8) is 0 Å². The number of amides is 2. The molecule has 1 aromatic carbocycles. The van der Waals surface area contributed by atoms with E-state index in [0.717, 1.165) is 22.4 Å². The van der Waals surface area contributed by atoms with Gasteiger partial charge in [0.1, 0.15) is 9.98 Å². The second kappa shape index (κ2) is 8.70. The van der Waals surface area contributed by atoms with Crippen LogP contribution in [0.3, 0.4) is 0 Å². The van der Waals surface area contributed by atoms with Crippen molar-refractivity contribution in [1.29, 1.82) is 0 Å². The predicted molar refractivity (Wildman–Crippen MR) is 133 cm³/mol. The number of carbonyl (C=O) groups is 2. The normalized spacial score (nSPS) is 19.5. The summed E-state index contributed by atoms with van der Waals surface area (Å²) in [6, 6.07) is 13.9. The van der Waals surface area contributed by atoms with E-state index in [9.17, 15) is 9.59 Å². The molecule has 2 fully saturated rings. The third-order valence-corrected chi connectivity index (χ3v) is 7.85. The van der Waals surface area contributed by atoms with E-state index in [4.69, 9.17) is 11.6 Å². The van der Waals surface area contributed by atoms with Gasteiger partial charge in [0.05, 0.1) is 4.88 Å².